The Morgan fingerprint density at radius 2 is 1.77 bits per heavy atom. The highest BCUT2D eigenvalue weighted by Gasteiger charge is 2.16. The molecule has 5 nitrogen and oxygen atoms in total. The van der Waals surface area contributed by atoms with Gasteiger partial charge in [0, 0.05) is 6.20 Å². The zero-order valence-electron chi connectivity index (χ0n) is 6.19. The van der Waals surface area contributed by atoms with Crippen molar-refractivity contribution in [3.05, 3.63) is 28.0 Å². The number of carboxylic acid groups (broad SMARTS) is 2. The van der Waals surface area contributed by atoms with Gasteiger partial charge in [-0.25, -0.2) is 14.6 Å². The molecule has 0 saturated carbocycles. The van der Waals surface area contributed by atoms with Gasteiger partial charge in [-0.2, -0.15) is 0 Å². The molecule has 0 amide bonds. The molecule has 0 aliphatic carbocycles. The predicted molar refractivity (Wildman–Crippen MR) is 45.9 cm³/mol. The average Bonchev–Trinajstić information content (AvgIpc) is 2.03. The molecule has 0 atom stereocenters. The molecule has 0 bridgehead atoms. The number of carboxylic acids is 2. The van der Waals surface area contributed by atoms with Crippen LogP contribution in [0.25, 0.3) is 0 Å². The SMILES string of the molecule is O=C(O)c1cnc(Br)cc1C(=O)O. The van der Waals surface area contributed by atoms with E-state index in [2.05, 4.69) is 20.9 Å². The summed E-state index contributed by atoms with van der Waals surface area (Å²) in [6.45, 7) is 0. The van der Waals surface area contributed by atoms with E-state index in [-0.39, 0.29) is 15.7 Å². The Hall–Kier alpha value is -1.43. The summed E-state index contributed by atoms with van der Waals surface area (Å²) in [5.74, 6) is -2.60. The van der Waals surface area contributed by atoms with Crippen LogP contribution in [-0.2, 0) is 0 Å². The molecule has 0 saturated heterocycles. The molecule has 1 aromatic heterocycles. The second kappa shape index (κ2) is 3.53. The van der Waals surface area contributed by atoms with Crippen molar-refractivity contribution in [1.29, 1.82) is 0 Å². The number of halogens is 1. The molecule has 68 valence electrons. The van der Waals surface area contributed by atoms with Crippen molar-refractivity contribution in [1.82, 2.24) is 4.98 Å². The van der Waals surface area contributed by atoms with Crippen LogP contribution >= 0.6 is 15.9 Å². The zero-order chi connectivity index (χ0) is 10.0. The number of carbonyl (C=O) groups is 2. The third-order valence-electron chi connectivity index (χ3n) is 1.33. The van der Waals surface area contributed by atoms with Crippen LogP contribution < -0.4 is 0 Å². The maximum atomic E-state index is 10.6. The number of hydrogen-bond donors (Lipinski definition) is 2. The van der Waals surface area contributed by atoms with Crippen LogP contribution in [0, 0.1) is 0 Å². The molecule has 0 aliphatic rings. The Balaban J connectivity index is 3.35. The largest absolute Gasteiger partial charge is 0.478 e. The standard InChI is InChI=1S/C7H4BrNO4/c8-5-1-3(6(10)11)4(2-9-5)7(12)13/h1-2H,(H,10,11)(H,12,13). The van der Waals surface area contributed by atoms with Crippen molar-refractivity contribution < 1.29 is 19.8 Å². The monoisotopic (exact) mass is 245 g/mol. The Bertz CT molecular complexity index is 377. The van der Waals surface area contributed by atoms with Gasteiger partial charge in [0.05, 0.1) is 11.1 Å². The van der Waals surface area contributed by atoms with Gasteiger partial charge >= 0.3 is 11.9 Å². The molecular weight excluding hydrogens is 242 g/mol. The second-order valence-corrected chi connectivity index (χ2v) is 2.98. The molecule has 13 heavy (non-hydrogen) atoms. The van der Waals surface area contributed by atoms with Crippen LogP contribution in [0.5, 0.6) is 0 Å². The van der Waals surface area contributed by atoms with Crippen molar-refractivity contribution in [3.63, 3.8) is 0 Å². The highest BCUT2D eigenvalue weighted by atomic mass is 79.9. The third kappa shape index (κ3) is 2.03. The fraction of sp³-hybridized carbons (Fsp3) is 0. The van der Waals surface area contributed by atoms with Crippen molar-refractivity contribution >= 4 is 27.9 Å². The van der Waals surface area contributed by atoms with Crippen LogP contribution in [0.1, 0.15) is 20.7 Å². The van der Waals surface area contributed by atoms with Gasteiger partial charge in [-0.05, 0) is 22.0 Å². The summed E-state index contributed by atoms with van der Waals surface area (Å²) in [6, 6.07) is 1.14. The molecule has 1 heterocycles. The lowest BCUT2D eigenvalue weighted by molar-refractivity contribution is 0.0651. The summed E-state index contributed by atoms with van der Waals surface area (Å²) < 4.78 is 0.287. The molecule has 0 radical (unpaired) electrons. The van der Waals surface area contributed by atoms with E-state index in [1.54, 1.807) is 0 Å². The molecule has 0 aliphatic heterocycles. The van der Waals surface area contributed by atoms with E-state index in [4.69, 9.17) is 10.2 Å². The van der Waals surface area contributed by atoms with Gasteiger partial charge in [-0.3, -0.25) is 0 Å². The predicted octanol–water partition coefficient (Wildman–Crippen LogP) is 1.24. The summed E-state index contributed by atoms with van der Waals surface area (Å²) in [6.07, 6.45) is 0.996. The summed E-state index contributed by atoms with van der Waals surface area (Å²) in [4.78, 5) is 24.7. The van der Waals surface area contributed by atoms with Crippen LogP contribution in [0.2, 0.25) is 0 Å². The van der Waals surface area contributed by atoms with Crippen molar-refractivity contribution in [2.24, 2.45) is 0 Å². The molecule has 6 heteroatoms. The highest BCUT2D eigenvalue weighted by molar-refractivity contribution is 9.10. The molecule has 0 spiro atoms. The smallest absolute Gasteiger partial charge is 0.338 e. The van der Waals surface area contributed by atoms with E-state index < -0.39 is 11.9 Å². The molecule has 0 aromatic carbocycles. The van der Waals surface area contributed by atoms with E-state index in [9.17, 15) is 9.59 Å². The summed E-state index contributed by atoms with van der Waals surface area (Å²) in [5, 5.41) is 17.2. The first-order valence-electron chi connectivity index (χ1n) is 3.14. The number of hydrogen-bond acceptors (Lipinski definition) is 3. The fourth-order valence-corrected chi connectivity index (χ4v) is 1.11. The maximum Gasteiger partial charge on any atom is 0.338 e. The molecular formula is C7H4BrNO4. The third-order valence-corrected chi connectivity index (χ3v) is 1.77. The Morgan fingerprint density at radius 1 is 1.23 bits per heavy atom. The van der Waals surface area contributed by atoms with Crippen molar-refractivity contribution in [3.8, 4) is 0 Å². The lowest BCUT2D eigenvalue weighted by Gasteiger charge is -1.99. The topological polar surface area (TPSA) is 87.5 Å². The molecule has 2 N–H and O–H groups in total. The van der Waals surface area contributed by atoms with Gasteiger partial charge < -0.3 is 10.2 Å². The lowest BCUT2D eigenvalue weighted by Crippen LogP contribution is -2.08. The molecule has 0 fully saturated rings. The van der Waals surface area contributed by atoms with E-state index >= 15 is 0 Å². The minimum absolute atomic E-state index is 0.283. The van der Waals surface area contributed by atoms with Gasteiger partial charge in [0.2, 0.25) is 0 Å². The molecule has 0 unspecified atom stereocenters. The molecule has 1 aromatic rings. The normalized spacial score (nSPS) is 9.62. The summed E-state index contributed by atoms with van der Waals surface area (Å²) >= 11 is 2.95. The Morgan fingerprint density at radius 3 is 2.23 bits per heavy atom. The first-order valence-corrected chi connectivity index (χ1v) is 3.94. The van der Waals surface area contributed by atoms with Gasteiger partial charge in [-0.15, -0.1) is 0 Å². The number of rotatable bonds is 2. The van der Waals surface area contributed by atoms with E-state index in [1.807, 2.05) is 0 Å². The summed E-state index contributed by atoms with van der Waals surface area (Å²) in [5.41, 5.74) is -0.606. The number of pyridine rings is 1. The van der Waals surface area contributed by atoms with Gasteiger partial charge in [0.1, 0.15) is 4.60 Å². The van der Waals surface area contributed by atoms with Crippen LogP contribution in [0.3, 0.4) is 0 Å². The summed E-state index contributed by atoms with van der Waals surface area (Å²) in [7, 11) is 0. The fourth-order valence-electron chi connectivity index (χ4n) is 0.777. The van der Waals surface area contributed by atoms with E-state index in [0.717, 1.165) is 12.3 Å². The number of nitrogens with zero attached hydrogens (tertiary/aromatic N) is 1. The number of aromatic nitrogens is 1. The zero-order valence-corrected chi connectivity index (χ0v) is 7.78. The van der Waals surface area contributed by atoms with Gasteiger partial charge in [-0.1, -0.05) is 0 Å². The van der Waals surface area contributed by atoms with Crippen molar-refractivity contribution in [2.75, 3.05) is 0 Å². The van der Waals surface area contributed by atoms with Crippen LogP contribution in [0.4, 0.5) is 0 Å². The van der Waals surface area contributed by atoms with Gasteiger partial charge in [0.25, 0.3) is 0 Å². The first-order chi connectivity index (χ1) is 6.02. The second-order valence-electron chi connectivity index (χ2n) is 2.16. The van der Waals surface area contributed by atoms with E-state index in [0.29, 0.717) is 0 Å². The van der Waals surface area contributed by atoms with Crippen LogP contribution in [0.15, 0.2) is 16.9 Å². The quantitative estimate of drug-likeness (QED) is 0.766. The van der Waals surface area contributed by atoms with E-state index in [1.165, 1.54) is 0 Å². The highest BCUT2D eigenvalue weighted by Crippen LogP contribution is 2.13. The number of aromatic carboxylic acids is 2. The first kappa shape index (κ1) is 9.66. The van der Waals surface area contributed by atoms with Crippen LogP contribution in [-0.4, -0.2) is 27.1 Å². The minimum atomic E-state index is -1.31. The minimum Gasteiger partial charge on any atom is -0.478 e. The Kier molecular flexibility index (Phi) is 2.62. The molecule has 1 rings (SSSR count). The maximum absolute atomic E-state index is 10.6. The Labute approximate surface area is 81.2 Å². The lowest BCUT2D eigenvalue weighted by atomic mass is 10.1. The average molecular weight is 246 g/mol. The van der Waals surface area contributed by atoms with Crippen molar-refractivity contribution in [2.45, 2.75) is 0 Å². The van der Waals surface area contributed by atoms with Gasteiger partial charge in [0.15, 0.2) is 0 Å².